The Balaban J connectivity index is 3.80. The SMILES string of the molecule is CCCS(=O)(=O)CCS(=O)CCC(C)N. The highest BCUT2D eigenvalue weighted by Crippen LogP contribution is 1.97. The van der Waals surface area contributed by atoms with Crippen molar-refractivity contribution in [3.63, 3.8) is 0 Å². The Morgan fingerprint density at radius 3 is 2.33 bits per heavy atom. The van der Waals surface area contributed by atoms with E-state index in [1.54, 1.807) is 0 Å². The highest BCUT2D eigenvalue weighted by Gasteiger charge is 2.11. The normalized spacial score (nSPS) is 16.2. The Labute approximate surface area is 95.0 Å². The summed E-state index contributed by atoms with van der Waals surface area (Å²) in [5, 5.41) is 0. The van der Waals surface area contributed by atoms with Crippen LogP contribution in [0.25, 0.3) is 0 Å². The molecule has 2 N–H and O–H groups in total. The van der Waals surface area contributed by atoms with Crippen LogP contribution in [0.5, 0.6) is 0 Å². The van der Waals surface area contributed by atoms with Gasteiger partial charge in [-0.15, -0.1) is 0 Å². The molecule has 6 heteroatoms. The molecule has 0 aromatic carbocycles. The van der Waals surface area contributed by atoms with E-state index in [0.29, 0.717) is 18.6 Å². The summed E-state index contributed by atoms with van der Waals surface area (Å²) in [5.74, 6) is 0.970. The van der Waals surface area contributed by atoms with Gasteiger partial charge in [0.25, 0.3) is 0 Å². The Bertz CT molecular complexity index is 286. The first-order valence-corrected chi connectivity index (χ1v) is 8.49. The molecule has 0 spiro atoms. The van der Waals surface area contributed by atoms with Gasteiger partial charge in [0, 0.05) is 34.1 Å². The Morgan fingerprint density at radius 1 is 1.27 bits per heavy atom. The zero-order valence-corrected chi connectivity index (χ0v) is 11.1. The van der Waals surface area contributed by atoms with Gasteiger partial charge in [0.2, 0.25) is 0 Å². The van der Waals surface area contributed by atoms with E-state index in [9.17, 15) is 12.6 Å². The van der Waals surface area contributed by atoms with E-state index < -0.39 is 20.6 Å². The Hall–Kier alpha value is 0.0600. The molecule has 0 fully saturated rings. The predicted octanol–water partition coefficient (Wildman–Crippen LogP) is 0.297. The van der Waals surface area contributed by atoms with Crippen LogP contribution in [0.4, 0.5) is 0 Å². The fourth-order valence-electron chi connectivity index (χ4n) is 1.05. The van der Waals surface area contributed by atoms with Crippen LogP contribution in [-0.4, -0.2) is 41.7 Å². The van der Waals surface area contributed by atoms with Crippen LogP contribution in [-0.2, 0) is 20.6 Å². The first kappa shape index (κ1) is 15.1. The zero-order valence-electron chi connectivity index (χ0n) is 9.44. The van der Waals surface area contributed by atoms with E-state index in [1.807, 2.05) is 13.8 Å². The molecule has 0 bridgehead atoms. The van der Waals surface area contributed by atoms with Gasteiger partial charge in [-0.1, -0.05) is 6.92 Å². The van der Waals surface area contributed by atoms with Crippen molar-refractivity contribution in [2.45, 2.75) is 32.7 Å². The van der Waals surface area contributed by atoms with Gasteiger partial charge in [0.1, 0.15) is 0 Å². The lowest BCUT2D eigenvalue weighted by Gasteiger charge is -2.05. The summed E-state index contributed by atoms with van der Waals surface area (Å²) in [6, 6.07) is 0.0289. The molecule has 92 valence electrons. The molecule has 0 aromatic heterocycles. The minimum atomic E-state index is -2.99. The second-order valence-electron chi connectivity index (χ2n) is 3.77. The summed E-state index contributed by atoms with van der Waals surface area (Å²) >= 11 is 0. The molecule has 0 saturated heterocycles. The van der Waals surface area contributed by atoms with Crippen LogP contribution in [0.1, 0.15) is 26.7 Å². The fourth-order valence-corrected chi connectivity index (χ4v) is 4.48. The number of nitrogens with two attached hydrogens (primary N) is 1. The van der Waals surface area contributed by atoms with Gasteiger partial charge in [0.05, 0.1) is 5.75 Å². The van der Waals surface area contributed by atoms with E-state index >= 15 is 0 Å². The lowest BCUT2D eigenvalue weighted by Crippen LogP contribution is -2.21. The topological polar surface area (TPSA) is 77.2 Å². The number of hydrogen-bond donors (Lipinski definition) is 1. The number of rotatable bonds is 8. The van der Waals surface area contributed by atoms with E-state index in [4.69, 9.17) is 5.73 Å². The van der Waals surface area contributed by atoms with Crippen molar-refractivity contribution >= 4 is 20.6 Å². The summed E-state index contributed by atoms with van der Waals surface area (Å²) in [5.41, 5.74) is 5.52. The Kier molecular flexibility index (Phi) is 7.38. The third-order valence-electron chi connectivity index (χ3n) is 1.94. The second kappa shape index (κ2) is 7.35. The van der Waals surface area contributed by atoms with Crippen LogP contribution in [0.3, 0.4) is 0 Å². The average Bonchev–Trinajstić information content (AvgIpc) is 2.11. The minimum absolute atomic E-state index is 0.0289. The van der Waals surface area contributed by atoms with Crippen LogP contribution >= 0.6 is 0 Å². The first-order chi connectivity index (χ1) is 6.87. The van der Waals surface area contributed by atoms with Crippen LogP contribution in [0, 0.1) is 0 Å². The van der Waals surface area contributed by atoms with Gasteiger partial charge in [0.15, 0.2) is 9.84 Å². The molecule has 0 heterocycles. The summed E-state index contributed by atoms with van der Waals surface area (Å²) < 4.78 is 34.0. The van der Waals surface area contributed by atoms with E-state index in [-0.39, 0.29) is 23.3 Å². The highest BCUT2D eigenvalue weighted by molar-refractivity contribution is 7.93. The molecule has 0 rings (SSSR count). The molecule has 15 heavy (non-hydrogen) atoms. The second-order valence-corrected chi connectivity index (χ2v) is 7.77. The molecule has 0 radical (unpaired) electrons. The molecular formula is C9H21NO3S2. The molecule has 0 saturated carbocycles. The number of sulfone groups is 1. The molecular weight excluding hydrogens is 234 g/mol. The quantitative estimate of drug-likeness (QED) is 0.676. The maximum atomic E-state index is 11.4. The van der Waals surface area contributed by atoms with Crippen molar-refractivity contribution in [3.8, 4) is 0 Å². The molecule has 0 aliphatic rings. The van der Waals surface area contributed by atoms with Crippen LogP contribution in [0.15, 0.2) is 0 Å². The van der Waals surface area contributed by atoms with Gasteiger partial charge >= 0.3 is 0 Å². The van der Waals surface area contributed by atoms with Crippen molar-refractivity contribution in [3.05, 3.63) is 0 Å². The van der Waals surface area contributed by atoms with Crippen molar-refractivity contribution in [2.75, 3.05) is 23.0 Å². The van der Waals surface area contributed by atoms with E-state index in [0.717, 1.165) is 0 Å². The number of hydrogen-bond acceptors (Lipinski definition) is 4. The van der Waals surface area contributed by atoms with Crippen molar-refractivity contribution < 1.29 is 12.6 Å². The maximum Gasteiger partial charge on any atom is 0.151 e. The van der Waals surface area contributed by atoms with E-state index in [1.165, 1.54) is 0 Å². The molecule has 0 aliphatic heterocycles. The standard InChI is InChI=1S/C9H21NO3S2/c1-3-7-15(12,13)8-6-14(11)5-4-9(2)10/h9H,3-8,10H2,1-2H3. The van der Waals surface area contributed by atoms with Crippen molar-refractivity contribution in [1.82, 2.24) is 0 Å². The van der Waals surface area contributed by atoms with Crippen LogP contribution in [0.2, 0.25) is 0 Å². The van der Waals surface area contributed by atoms with Crippen molar-refractivity contribution in [2.24, 2.45) is 5.73 Å². The van der Waals surface area contributed by atoms with Crippen LogP contribution < -0.4 is 5.73 Å². The summed E-state index contributed by atoms with van der Waals surface area (Å²) in [7, 11) is -4.04. The predicted molar refractivity (Wildman–Crippen MR) is 65.1 cm³/mol. The average molecular weight is 255 g/mol. The summed E-state index contributed by atoms with van der Waals surface area (Å²) in [6.45, 7) is 3.68. The maximum absolute atomic E-state index is 11.4. The Morgan fingerprint density at radius 2 is 1.87 bits per heavy atom. The van der Waals surface area contributed by atoms with Gasteiger partial charge in [-0.05, 0) is 19.8 Å². The molecule has 0 amide bonds. The molecule has 4 nitrogen and oxygen atoms in total. The van der Waals surface area contributed by atoms with Gasteiger partial charge in [-0.25, -0.2) is 8.42 Å². The fraction of sp³-hybridized carbons (Fsp3) is 1.00. The molecule has 2 unspecified atom stereocenters. The molecule has 2 atom stereocenters. The largest absolute Gasteiger partial charge is 0.328 e. The van der Waals surface area contributed by atoms with Gasteiger partial charge in [-0.2, -0.15) is 0 Å². The summed E-state index contributed by atoms with van der Waals surface area (Å²) in [6.07, 6.45) is 1.30. The summed E-state index contributed by atoms with van der Waals surface area (Å²) in [4.78, 5) is 0. The van der Waals surface area contributed by atoms with E-state index in [2.05, 4.69) is 0 Å². The smallest absolute Gasteiger partial charge is 0.151 e. The molecule has 0 aliphatic carbocycles. The first-order valence-electron chi connectivity index (χ1n) is 5.18. The lowest BCUT2D eigenvalue weighted by molar-refractivity contribution is 0.595. The zero-order chi connectivity index (χ0) is 11.9. The van der Waals surface area contributed by atoms with Crippen molar-refractivity contribution in [1.29, 1.82) is 0 Å². The third-order valence-corrected chi connectivity index (χ3v) is 5.40. The monoisotopic (exact) mass is 255 g/mol. The minimum Gasteiger partial charge on any atom is -0.328 e. The van der Waals surface area contributed by atoms with Gasteiger partial charge in [-0.3, -0.25) is 4.21 Å². The molecule has 0 aromatic rings. The highest BCUT2D eigenvalue weighted by atomic mass is 32.2. The lowest BCUT2D eigenvalue weighted by atomic mass is 10.3. The van der Waals surface area contributed by atoms with Gasteiger partial charge < -0.3 is 5.73 Å². The third kappa shape index (κ3) is 9.02.